The molecule has 1 aromatic heterocycles. The lowest BCUT2D eigenvalue weighted by Gasteiger charge is -2.14. The first-order valence-electron chi connectivity index (χ1n) is 6.13. The zero-order valence-corrected chi connectivity index (χ0v) is 11.3. The number of nitrogens with two attached hydrogens (primary N) is 1. The topological polar surface area (TPSA) is 72.9 Å². The fraction of sp³-hybridized carbons (Fsp3) is 0.417. The number of hydrogen-bond donors (Lipinski definition) is 1. The Morgan fingerprint density at radius 1 is 1.26 bits per heavy atom. The van der Waals surface area contributed by atoms with Crippen molar-refractivity contribution < 1.29 is 0 Å². The molecule has 1 aromatic carbocycles. The van der Waals surface area contributed by atoms with Gasteiger partial charge in [0.25, 0.3) is 0 Å². The maximum Gasteiger partial charge on any atom is 0.170 e. The van der Waals surface area contributed by atoms with E-state index in [4.69, 9.17) is 5.73 Å². The van der Waals surface area contributed by atoms with Crippen molar-refractivity contribution in [2.45, 2.75) is 19.0 Å². The maximum atomic E-state index is 5.90. The monoisotopic (exact) mass is 280 g/mol. The summed E-state index contributed by atoms with van der Waals surface area (Å²) in [5.74, 6) is 0.857. The van der Waals surface area contributed by atoms with E-state index >= 15 is 0 Å². The quantitative estimate of drug-likeness (QED) is 0.892. The summed E-state index contributed by atoms with van der Waals surface area (Å²) >= 11 is 0. The van der Waals surface area contributed by atoms with Crippen LogP contribution in [-0.2, 0) is 6.54 Å². The molecule has 1 aliphatic heterocycles. The van der Waals surface area contributed by atoms with Crippen molar-refractivity contribution in [3.8, 4) is 5.69 Å². The molecule has 102 valence electrons. The second-order valence-electron chi connectivity index (χ2n) is 4.63. The second kappa shape index (κ2) is 6.10. The zero-order chi connectivity index (χ0) is 12.4. The Morgan fingerprint density at radius 3 is 2.74 bits per heavy atom. The molecule has 0 bridgehead atoms. The van der Waals surface area contributed by atoms with Gasteiger partial charge in [0.2, 0.25) is 0 Å². The number of likely N-dealkylation sites (tertiary alicyclic amines) is 1. The molecular formula is C12H17ClN6. The van der Waals surface area contributed by atoms with Crippen LogP contribution >= 0.6 is 12.4 Å². The van der Waals surface area contributed by atoms with Gasteiger partial charge in [0.05, 0.1) is 12.2 Å². The molecule has 1 atom stereocenters. The lowest BCUT2D eigenvalue weighted by molar-refractivity contribution is 0.315. The fourth-order valence-electron chi connectivity index (χ4n) is 2.28. The van der Waals surface area contributed by atoms with Crippen LogP contribution in [0.4, 0.5) is 0 Å². The van der Waals surface area contributed by atoms with Crippen LogP contribution in [0.5, 0.6) is 0 Å². The van der Waals surface area contributed by atoms with E-state index in [1.165, 1.54) is 0 Å². The van der Waals surface area contributed by atoms with Gasteiger partial charge in [0, 0.05) is 19.1 Å². The van der Waals surface area contributed by atoms with Gasteiger partial charge in [0.1, 0.15) is 0 Å². The number of aromatic nitrogens is 4. The Balaban J connectivity index is 0.00000133. The lowest BCUT2D eigenvalue weighted by Crippen LogP contribution is -2.27. The normalized spacial score (nSPS) is 19.3. The molecule has 0 amide bonds. The summed E-state index contributed by atoms with van der Waals surface area (Å²) in [6.45, 7) is 2.68. The second-order valence-corrected chi connectivity index (χ2v) is 4.63. The van der Waals surface area contributed by atoms with Gasteiger partial charge < -0.3 is 5.73 Å². The van der Waals surface area contributed by atoms with Gasteiger partial charge in [-0.3, -0.25) is 4.90 Å². The molecule has 0 saturated carbocycles. The van der Waals surface area contributed by atoms with Gasteiger partial charge in [-0.15, -0.1) is 17.5 Å². The van der Waals surface area contributed by atoms with Crippen molar-refractivity contribution in [2.24, 2.45) is 5.73 Å². The van der Waals surface area contributed by atoms with Crippen molar-refractivity contribution in [3.05, 3.63) is 36.2 Å². The first kappa shape index (κ1) is 13.9. The highest BCUT2D eigenvalue weighted by Gasteiger charge is 2.21. The van der Waals surface area contributed by atoms with Gasteiger partial charge in [-0.2, -0.15) is 4.68 Å². The summed E-state index contributed by atoms with van der Waals surface area (Å²) in [7, 11) is 0. The largest absolute Gasteiger partial charge is 0.326 e. The summed E-state index contributed by atoms with van der Waals surface area (Å²) in [4.78, 5) is 2.29. The highest BCUT2D eigenvalue weighted by Crippen LogP contribution is 2.13. The van der Waals surface area contributed by atoms with E-state index in [1.807, 2.05) is 30.3 Å². The number of rotatable bonds is 3. The first-order chi connectivity index (χ1) is 8.83. The van der Waals surface area contributed by atoms with E-state index < -0.39 is 0 Å². The number of halogens is 1. The summed E-state index contributed by atoms with van der Waals surface area (Å²) in [5, 5.41) is 11.9. The number of tetrazole rings is 1. The average molecular weight is 281 g/mol. The molecular weight excluding hydrogens is 264 g/mol. The van der Waals surface area contributed by atoms with Crippen LogP contribution in [0, 0.1) is 0 Å². The molecule has 7 heteroatoms. The Kier molecular flexibility index (Phi) is 4.47. The van der Waals surface area contributed by atoms with Crippen LogP contribution < -0.4 is 5.73 Å². The van der Waals surface area contributed by atoms with Crippen molar-refractivity contribution in [2.75, 3.05) is 13.1 Å². The molecule has 3 rings (SSSR count). The number of hydrogen-bond acceptors (Lipinski definition) is 5. The Bertz CT molecular complexity index is 514. The molecule has 0 aliphatic carbocycles. The SMILES string of the molecule is Cl.N[C@@H]1CCN(Cc2nnnn2-c2ccccc2)C1. The molecule has 0 spiro atoms. The third kappa shape index (κ3) is 3.09. The van der Waals surface area contributed by atoms with Crippen molar-refractivity contribution in [1.29, 1.82) is 0 Å². The predicted octanol–water partition coefficient (Wildman–Crippen LogP) is 0.617. The van der Waals surface area contributed by atoms with Gasteiger partial charge in [-0.1, -0.05) is 18.2 Å². The van der Waals surface area contributed by atoms with E-state index in [1.54, 1.807) is 4.68 Å². The highest BCUT2D eigenvalue weighted by molar-refractivity contribution is 5.85. The van der Waals surface area contributed by atoms with E-state index in [9.17, 15) is 0 Å². The number of para-hydroxylation sites is 1. The van der Waals surface area contributed by atoms with Crippen LogP contribution in [0.15, 0.2) is 30.3 Å². The molecule has 0 unspecified atom stereocenters. The maximum absolute atomic E-state index is 5.90. The van der Waals surface area contributed by atoms with E-state index in [-0.39, 0.29) is 18.4 Å². The summed E-state index contributed by atoms with van der Waals surface area (Å²) < 4.78 is 1.78. The van der Waals surface area contributed by atoms with E-state index in [0.29, 0.717) is 0 Å². The van der Waals surface area contributed by atoms with E-state index in [0.717, 1.165) is 37.6 Å². The lowest BCUT2D eigenvalue weighted by atomic mass is 10.3. The van der Waals surface area contributed by atoms with Gasteiger partial charge >= 0.3 is 0 Å². The van der Waals surface area contributed by atoms with Crippen LogP contribution in [0.25, 0.3) is 5.69 Å². The number of benzene rings is 1. The molecule has 2 aromatic rings. The van der Waals surface area contributed by atoms with Gasteiger partial charge in [-0.25, -0.2) is 0 Å². The van der Waals surface area contributed by atoms with Crippen molar-refractivity contribution in [3.63, 3.8) is 0 Å². The highest BCUT2D eigenvalue weighted by atomic mass is 35.5. The molecule has 1 saturated heterocycles. The predicted molar refractivity (Wildman–Crippen MR) is 74.3 cm³/mol. The Hall–Kier alpha value is -1.50. The molecule has 0 radical (unpaired) electrons. The molecule has 2 heterocycles. The third-order valence-corrected chi connectivity index (χ3v) is 3.21. The van der Waals surface area contributed by atoms with Crippen molar-refractivity contribution in [1.82, 2.24) is 25.1 Å². The molecule has 1 aliphatic rings. The van der Waals surface area contributed by atoms with E-state index in [2.05, 4.69) is 20.4 Å². The minimum Gasteiger partial charge on any atom is -0.326 e. The molecule has 2 N–H and O–H groups in total. The Morgan fingerprint density at radius 2 is 2.05 bits per heavy atom. The van der Waals surface area contributed by atoms with Crippen LogP contribution in [0.2, 0.25) is 0 Å². The molecule has 19 heavy (non-hydrogen) atoms. The first-order valence-corrected chi connectivity index (χ1v) is 6.13. The standard InChI is InChI=1S/C12H16N6.ClH/c13-10-6-7-17(8-10)9-12-14-15-16-18(12)11-4-2-1-3-5-11;/h1-5,10H,6-9,13H2;1H/t10-;/m1./s1. The average Bonchev–Trinajstić information content (AvgIpc) is 3.00. The minimum absolute atomic E-state index is 0. The van der Waals surface area contributed by atoms with Crippen LogP contribution in [0.1, 0.15) is 12.2 Å². The summed E-state index contributed by atoms with van der Waals surface area (Å²) in [5.41, 5.74) is 6.89. The summed E-state index contributed by atoms with van der Waals surface area (Å²) in [6.07, 6.45) is 1.05. The smallest absolute Gasteiger partial charge is 0.170 e. The van der Waals surface area contributed by atoms with Crippen LogP contribution in [-0.4, -0.2) is 44.2 Å². The Labute approximate surface area is 118 Å². The van der Waals surface area contributed by atoms with Gasteiger partial charge in [-0.05, 0) is 29.0 Å². The minimum atomic E-state index is 0. The fourth-order valence-corrected chi connectivity index (χ4v) is 2.28. The van der Waals surface area contributed by atoms with Crippen molar-refractivity contribution >= 4 is 12.4 Å². The zero-order valence-electron chi connectivity index (χ0n) is 10.5. The summed E-state index contributed by atoms with van der Waals surface area (Å²) in [6, 6.07) is 10.2. The molecule has 6 nitrogen and oxygen atoms in total. The van der Waals surface area contributed by atoms with Crippen LogP contribution in [0.3, 0.4) is 0 Å². The third-order valence-electron chi connectivity index (χ3n) is 3.21. The number of nitrogens with zero attached hydrogens (tertiary/aromatic N) is 5. The van der Waals surface area contributed by atoms with Gasteiger partial charge in [0.15, 0.2) is 5.82 Å². The molecule has 1 fully saturated rings.